The minimum atomic E-state index is -0.883. The number of carbonyl (C=O) groups is 2. The predicted molar refractivity (Wildman–Crippen MR) is 187 cm³/mol. The van der Waals surface area contributed by atoms with Crippen molar-refractivity contribution < 1.29 is 19.4 Å². The summed E-state index contributed by atoms with van der Waals surface area (Å²) >= 11 is 0. The molecule has 2 N–H and O–H groups in total. The van der Waals surface area contributed by atoms with Crippen molar-refractivity contribution >= 4 is 23.5 Å². The van der Waals surface area contributed by atoms with Crippen molar-refractivity contribution in [1.29, 1.82) is 0 Å². The molecule has 1 aliphatic carbocycles. The van der Waals surface area contributed by atoms with Gasteiger partial charge >= 0.3 is 12.1 Å². The van der Waals surface area contributed by atoms with E-state index in [4.69, 9.17) is 4.74 Å². The van der Waals surface area contributed by atoms with E-state index in [1.807, 2.05) is 18.3 Å². The first-order chi connectivity index (χ1) is 22.9. The second-order valence-electron chi connectivity index (χ2n) is 14.4. The minimum Gasteiger partial charge on any atom is -0.478 e. The van der Waals surface area contributed by atoms with Crippen LogP contribution < -0.4 is 10.2 Å². The molecule has 4 atom stereocenters. The number of aliphatic imine (C=N–C) groups is 1. The Morgan fingerprint density at radius 3 is 2.45 bits per heavy atom. The normalized spacial score (nSPS) is 25.4. The van der Waals surface area contributed by atoms with Crippen molar-refractivity contribution in [2.75, 3.05) is 44.7 Å². The SMILES string of the molecule is CNC(=O)OC1CCC[C@@H]1[C@](CCC1C=CN=C(C)CC1)(c1ccccc1)C1CCN(CC2CN(c3ccc(C(=O)O)cc3)C2)CC1. The number of hydrogen-bond acceptors (Lipinski definition) is 6. The molecular formula is C39H52N4O4. The summed E-state index contributed by atoms with van der Waals surface area (Å²) in [5.41, 5.74) is 4.01. The number of nitrogens with one attached hydrogen (secondary N) is 1. The fourth-order valence-corrected chi connectivity index (χ4v) is 9.11. The number of anilines is 1. The first-order valence-corrected chi connectivity index (χ1v) is 17.8. The summed E-state index contributed by atoms with van der Waals surface area (Å²) in [6.07, 6.45) is 13.8. The van der Waals surface area contributed by atoms with E-state index in [9.17, 15) is 14.7 Å². The van der Waals surface area contributed by atoms with Gasteiger partial charge in [-0.2, -0.15) is 0 Å². The molecule has 252 valence electrons. The standard InChI is InChI=1S/C39H52N4O4/c1-28-11-12-29(18-22-41-28)17-21-39(32-7-4-3-5-8-32,35-9-6-10-36(35)47-38(46)40-2)33-19-23-42(24-20-33)25-30-26-43(27-30)34-15-13-31(14-16-34)37(44)45/h3-5,7-8,13-16,18,22,29-30,33,35-36H,6,9-12,17,19-21,23-27H2,1-2H3,(H,40,46)(H,44,45)/t29?,35-,36?,39+/m0/s1. The minimum absolute atomic E-state index is 0.0615. The molecule has 2 aromatic rings. The Kier molecular flexibility index (Phi) is 10.7. The first kappa shape index (κ1) is 33.3. The van der Waals surface area contributed by atoms with Crippen molar-refractivity contribution in [2.45, 2.75) is 76.2 Å². The van der Waals surface area contributed by atoms with E-state index in [1.54, 1.807) is 19.2 Å². The Balaban J connectivity index is 1.17. The average molecular weight is 641 g/mol. The van der Waals surface area contributed by atoms with Crippen molar-refractivity contribution in [3.8, 4) is 0 Å². The van der Waals surface area contributed by atoms with Crippen LogP contribution in [0.1, 0.15) is 80.6 Å². The molecule has 1 amide bonds. The molecule has 47 heavy (non-hydrogen) atoms. The summed E-state index contributed by atoms with van der Waals surface area (Å²) in [6, 6.07) is 18.5. The molecule has 2 unspecified atom stereocenters. The smallest absolute Gasteiger partial charge is 0.407 e. The lowest BCUT2D eigenvalue weighted by atomic mass is 9.56. The molecule has 0 bridgehead atoms. The van der Waals surface area contributed by atoms with E-state index in [0.29, 0.717) is 29.2 Å². The lowest BCUT2D eigenvalue weighted by molar-refractivity contribution is 0.00381. The number of aromatic carboxylic acids is 1. The number of amides is 1. The number of allylic oxidation sites excluding steroid dienone is 1. The Labute approximate surface area is 280 Å². The zero-order valence-corrected chi connectivity index (χ0v) is 28.2. The molecule has 0 aromatic heterocycles. The molecule has 2 aromatic carbocycles. The largest absolute Gasteiger partial charge is 0.478 e. The highest BCUT2D eigenvalue weighted by atomic mass is 16.6. The highest BCUT2D eigenvalue weighted by Crippen LogP contribution is 2.54. The molecule has 8 nitrogen and oxygen atoms in total. The number of carboxylic acid groups (broad SMARTS) is 1. The van der Waals surface area contributed by atoms with Crippen LogP contribution in [0.2, 0.25) is 0 Å². The van der Waals surface area contributed by atoms with E-state index < -0.39 is 5.97 Å². The van der Waals surface area contributed by atoms with Crippen LogP contribution in [0.4, 0.5) is 10.5 Å². The zero-order valence-electron chi connectivity index (χ0n) is 28.2. The lowest BCUT2D eigenvalue weighted by Crippen LogP contribution is -2.54. The van der Waals surface area contributed by atoms with Crippen LogP contribution in [0, 0.1) is 23.7 Å². The fourth-order valence-electron chi connectivity index (χ4n) is 9.11. The molecule has 0 radical (unpaired) electrons. The van der Waals surface area contributed by atoms with Crippen molar-refractivity contribution in [2.24, 2.45) is 28.7 Å². The van der Waals surface area contributed by atoms with E-state index in [-0.39, 0.29) is 17.6 Å². The number of piperidine rings is 1. The summed E-state index contributed by atoms with van der Waals surface area (Å²) in [5.74, 6) is 1.04. The van der Waals surface area contributed by atoms with E-state index >= 15 is 0 Å². The third kappa shape index (κ3) is 7.58. The van der Waals surface area contributed by atoms with E-state index in [1.165, 1.54) is 11.3 Å². The van der Waals surface area contributed by atoms with Gasteiger partial charge in [0.2, 0.25) is 0 Å². The van der Waals surface area contributed by atoms with Gasteiger partial charge in [0.05, 0.1) is 5.56 Å². The Bertz CT molecular complexity index is 1410. The summed E-state index contributed by atoms with van der Waals surface area (Å²) in [6.45, 7) is 7.44. The van der Waals surface area contributed by atoms with E-state index in [0.717, 1.165) is 96.2 Å². The second kappa shape index (κ2) is 15.1. The summed E-state index contributed by atoms with van der Waals surface area (Å²) in [4.78, 5) is 33.4. The third-order valence-electron chi connectivity index (χ3n) is 11.6. The molecule has 3 fully saturated rings. The molecule has 0 spiro atoms. The van der Waals surface area contributed by atoms with Crippen LogP contribution in [0.15, 0.2) is 71.9 Å². The lowest BCUT2D eigenvalue weighted by Gasteiger charge is -2.51. The van der Waals surface area contributed by atoms with Crippen LogP contribution in [-0.2, 0) is 10.2 Å². The Hall–Kier alpha value is -3.65. The van der Waals surface area contributed by atoms with Crippen molar-refractivity contribution in [1.82, 2.24) is 10.2 Å². The van der Waals surface area contributed by atoms with Gasteiger partial charge in [-0.1, -0.05) is 36.4 Å². The number of carboxylic acids is 1. The third-order valence-corrected chi connectivity index (χ3v) is 11.6. The molecule has 3 heterocycles. The topological polar surface area (TPSA) is 94.5 Å². The van der Waals surface area contributed by atoms with Gasteiger partial charge in [-0.05, 0) is 119 Å². The van der Waals surface area contributed by atoms with Crippen LogP contribution >= 0.6 is 0 Å². The maximum Gasteiger partial charge on any atom is 0.407 e. The molecule has 3 aliphatic heterocycles. The Morgan fingerprint density at radius 2 is 1.74 bits per heavy atom. The van der Waals surface area contributed by atoms with Gasteiger partial charge in [-0.15, -0.1) is 0 Å². The fraction of sp³-hybridized carbons (Fsp3) is 0.564. The predicted octanol–water partition coefficient (Wildman–Crippen LogP) is 7.16. The molecule has 2 saturated heterocycles. The molecule has 6 rings (SSSR count). The number of likely N-dealkylation sites (tertiary alicyclic amines) is 1. The number of hydrogen-bond donors (Lipinski definition) is 2. The number of alkyl carbamates (subject to hydrolysis) is 1. The maximum absolute atomic E-state index is 12.6. The summed E-state index contributed by atoms with van der Waals surface area (Å²) in [5, 5.41) is 11.9. The number of benzene rings is 2. The summed E-state index contributed by atoms with van der Waals surface area (Å²) < 4.78 is 6.15. The second-order valence-corrected chi connectivity index (χ2v) is 14.4. The van der Waals surface area contributed by atoms with Gasteiger partial charge in [0, 0.05) is 61.5 Å². The van der Waals surface area contributed by atoms with Crippen LogP contribution in [0.5, 0.6) is 0 Å². The van der Waals surface area contributed by atoms with Gasteiger partial charge in [-0.25, -0.2) is 9.59 Å². The van der Waals surface area contributed by atoms with Gasteiger partial charge in [0.15, 0.2) is 0 Å². The van der Waals surface area contributed by atoms with Gasteiger partial charge in [0.1, 0.15) is 6.10 Å². The monoisotopic (exact) mass is 640 g/mol. The van der Waals surface area contributed by atoms with Gasteiger partial charge in [0.25, 0.3) is 0 Å². The number of rotatable bonds is 11. The number of nitrogens with zero attached hydrogens (tertiary/aromatic N) is 3. The van der Waals surface area contributed by atoms with Crippen LogP contribution in [0.25, 0.3) is 0 Å². The highest BCUT2D eigenvalue weighted by Gasteiger charge is 2.52. The number of carbonyl (C=O) groups excluding carboxylic acids is 1. The maximum atomic E-state index is 12.6. The van der Waals surface area contributed by atoms with Crippen LogP contribution in [0.3, 0.4) is 0 Å². The quantitative estimate of drug-likeness (QED) is 0.271. The molecule has 8 heteroatoms. The van der Waals surface area contributed by atoms with Gasteiger partial charge < -0.3 is 25.0 Å². The number of ether oxygens (including phenoxy) is 1. The zero-order chi connectivity index (χ0) is 32.8. The van der Waals surface area contributed by atoms with Crippen molar-refractivity contribution in [3.05, 3.63) is 78.0 Å². The Morgan fingerprint density at radius 1 is 1.00 bits per heavy atom. The van der Waals surface area contributed by atoms with Gasteiger partial charge in [-0.3, -0.25) is 4.99 Å². The first-order valence-electron chi connectivity index (χ1n) is 17.8. The van der Waals surface area contributed by atoms with E-state index in [2.05, 4.69) is 63.4 Å². The summed E-state index contributed by atoms with van der Waals surface area (Å²) in [7, 11) is 1.66. The highest BCUT2D eigenvalue weighted by molar-refractivity contribution is 5.88. The average Bonchev–Trinajstić information content (AvgIpc) is 3.43. The molecular weight excluding hydrogens is 588 g/mol. The van der Waals surface area contributed by atoms with Crippen molar-refractivity contribution in [3.63, 3.8) is 0 Å². The molecule has 1 saturated carbocycles. The molecule has 4 aliphatic rings. The van der Waals surface area contributed by atoms with Crippen LogP contribution in [-0.4, -0.2) is 73.7 Å².